The molecule has 0 saturated heterocycles. The molecule has 250 valence electrons. The average Bonchev–Trinajstić information content (AvgIpc) is 3.78. The van der Waals surface area contributed by atoms with Crippen molar-refractivity contribution in [2.24, 2.45) is 0 Å². The molecule has 7 rings (SSSR count). The predicted molar refractivity (Wildman–Crippen MR) is 194 cm³/mol. The van der Waals surface area contributed by atoms with Crippen LogP contribution in [0.4, 0.5) is 0 Å². The van der Waals surface area contributed by atoms with E-state index >= 15 is 0 Å². The summed E-state index contributed by atoms with van der Waals surface area (Å²) in [5.41, 5.74) is 8.68. The van der Waals surface area contributed by atoms with Gasteiger partial charge in [-0.25, -0.2) is 14.3 Å². The van der Waals surface area contributed by atoms with E-state index in [0.717, 1.165) is 39.3 Å². The second-order valence-electron chi connectivity index (χ2n) is 11.3. The normalized spacial score (nSPS) is 11.0. The van der Waals surface area contributed by atoms with Crippen LogP contribution in [0.1, 0.15) is 5.69 Å². The Hall–Kier alpha value is -6.13. The zero-order chi connectivity index (χ0) is 34.8. The second kappa shape index (κ2) is 13.8. The monoisotopic (exact) mass is 684 g/mol. The topological polar surface area (TPSA) is 98.3 Å². The first-order valence-electron chi connectivity index (χ1n) is 15.7. The van der Waals surface area contributed by atoms with Crippen LogP contribution in [0.3, 0.4) is 0 Å². The van der Waals surface area contributed by atoms with E-state index in [-0.39, 0.29) is 0 Å². The third-order valence-electron chi connectivity index (χ3n) is 8.42. The van der Waals surface area contributed by atoms with E-state index in [1.54, 1.807) is 33.1 Å². The third-order valence-corrected chi connectivity index (χ3v) is 8.67. The van der Waals surface area contributed by atoms with Gasteiger partial charge in [-0.3, -0.25) is 0 Å². The van der Waals surface area contributed by atoms with E-state index < -0.39 is 0 Å². The van der Waals surface area contributed by atoms with Crippen LogP contribution in [-0.2, 0) is 0 Å². The summed E-state index contributed by atoms with van der Waals surface area (Å²) in [6.45, 7) is 1.98. The van der Waals surface area contributed by atoms with E-state index in [0.29, 0.717) is 50.8 Å². The van der Waals surface area contributed by atoms with Crippen molar-refractivity contribution in [2.75, 3.05) is 28.4 Å². The standard InChI is InChI=1S/C39H33ClN6O4/c1-24-38(42-44-46(24)30-15-13-28(40)14-16-30)39-31(23-45(43-39)29-9-7-6-8-10-29)27-19-32(25-11-17-34(47-2)36(21-25)49-4)41-33(20-27)26-12-18-35(48-3)37(22-26)50-5/h6-23H,1-5H3. The fourth-order valence-corrected chi connectivity index (χ4v) is 5.95. The first-order chi connectivity index (χ1) is 24.4. The minimum atomic E-state index is 0.594. The van der Waals surface area contributed by atoms with Gasteiger partial charge in [0.05, 0.1) is 56.9 Å². The molecule has 11 heteroatoms. The third kappa shape index (κ3) is 6.12. The lowest BCUT2D eigenvalue weighted by Crippen LogP contribution is -1.99. The number of para-hydroxylation sites is 1. The fraction of sp³-hybridized carbons (Fsp3) is 0.128. The minimum Gasteiger partial charge on any atom is -0.493 e. The van der Waals surface area contributed by atoms with Crippen LogP contribution >= 0.6 is 11.6 Å². The van der Waals surface area contributed by atoms with Crippen LogP contribution in [0.5, 0.6) is 23.0 Å². The number of ether oxygens (including phenoxy) is 4. The number of aromatic nitrogens is 6. The molecule has 0 spiro atoms. The highest BCUT2D eigenvalue weighted by molar-refractivity contribution is 6.30. The van der Waals surface area contributed by atoms with Gasteiger partial charge in [0.2, 0.25) is 0 Å². The van der Waals surface area contributed by atoms with Crippen LogP contribution in [0, 0.1) is 6.92 Å². The lowest BCUT2D eigenvalue weighted by atomic mass is 9.98. The number of methoxy groups -OCH3 is 4. The van der Waals surface area contributed by atoms with Gasteiger partial charge in [-0.2, -0.15) is 5.10 Å². The Balaban J connectivity index is 1.46. The lowest BCUT2D eigenvalue weighted by Gasteiger charge is -2.14. The van der Waals surface area contributed by atoms with Crippen molar-refractivity contribution in [3.8, 4) is 79.4 Å². The molecule has 7 aromatic rings. The van der Waals surface area contributed by atoms with Gasteiger partial charge in [-0.15, -0.1) is 5.10 Å². The van der Waals surface area contributed by atoms with E-state index in [1.165, 1.54) is 0 Å². The SMILES string of the molecule is COc1ccc(-c2cc(-c3cn(-c4ccccc4)nc3-c3nnn(-c4ccc(Cl)cc4)c3C)cc(-c3ccc(OC)c(OC)c3)n2)cc1OC. The molecule has 0 aliphatic heterocycles. The Bertz CT molecular complexity index is 2230. The summed E-state index contributed by atoms with van der Waals surface area (Å²) in [6.07, 6.45) is 2.01. The summed E-state index contributed by atoms with van der Waals surface area (Å²) in [6, 6.07) is 33.0. The Morgan fingerprint density at radius 1 is 0.580 bits per heavy atom. The van der Waals surface area contributed by atoms with Crippen molar-refractivity contribution in [1.29, 1.82) is 0 Å². The molecule has 0 fully saturated rings. The van der Waals surface area contributed by atoms with Crippen molar-refractivity contribution in [3.63, 3.8) is 0 Å². The van der Waals surface area contributed by atoms with Crippen LogP contribution in [0.15, 0.2) is 109 Å². The van der Waals surface area contributed by atoms with Gasteiger partial charge in [0.1, 0.15) is 11.4 Å². The molecule has 0 radical (unpaired) electrons. The van der Waals surface area contributed by atoms with E-state index in [1.807, 2.05) is 121 Å². The first kappa shape index (κ1) is 32.4. The van der Waals surface area contributed by atoms with Crippen molar-refractivity contribution in [2.45, 2.75) is 6.92 Å². The number of rotatable bonds is 10. The van der Waals surface area contributed by atoms with Crippen molar-refractivity contribution in [3.05, 3.63) is 120 Å². The molecule has 0 aliphatic rings. The molecule has 3 heterocycles. The second-order valence-corrected chi connectivity index (χ2v) is 11.8. The molecular weight excluding hydrogens is 652 g/mol. The summed E-state index contributed by atoms with van der Waals surface area (Å²) in [5, 5.41) is 14.9. The Morgan fingerprint density at radius 3 is 1.72 bits per heavy atom. The molecule has 0 atom stereocenters. The summed E-state index contributed by atoms with van der Waals surface area (Å²) < 4.78 is 26.0. The molecule has 3 aromatic heterocycles. The molecule has 0 amide bonds. The maximum Gasteiger partial charge on any atom is 0.161 e. The maximum atomic E-state index is 6.18. The number of hydrogen-bond acceptors (Lipinski definition) is 8. The first-order valence-corrected chi connectivity index (χ1v) is 16.1. The predicted octanol–water partition coefficient (Wildman–Crippen LogP) is 8.51. The molecule has 10 nitrogen and oxygen atoms in total. The van der Waals surface area contributed by atoms with Crippen LogP contribution < -0.4 is 18.9 Å². The van der Waals surface area contributed by atoms with Crippen molar-refractivity contribution >= 4 is 11.6 Å². The Kier molecular flexibility index (Phi) is 8.93. The van der Waals surface area contributed by atoms with Crippen molar-refractivity contribution in [1.82, 2.24) is 29.8 Å². The summed E-state index contributed by atoms with van der Waals surface area (Å²) in [7, 11) is 6.46. The smallest absolute Gasteiger partial charge is 0.161 e. The highest BCUT2D eigenvalue weighted by Gasteiger charge is 2.23. The largest absolute Gasteiger partial charge is 0.493 e. The molecular formula is C39H33ClN6O4. The highest BCUT2D eigenvalue weighted by Crippen LogP contribution is 2.40. The number of hydrogen-bond donors (Lipinski definition) is 0. The molecule has 4 aromatic carbocycles. The van der Waals surface area contributed by atoms with Gasteiger partial charge in [-0.1, -0.05) is 35.0 Å². The number of halogens is 1. The van der Waals surface area contributed by atoms with Gasteiger partial charge < -0.3 is 18.9 Å². The van der Waals surface area contributed by atoms with E-state index in [4.69, 9.17) is 40.6 Å². The zero-order valence-electron chi connectivity index (χ0n) is 28.1. The van der Waals surface area contributed by atoms with Crippen molar-refractivity contribution < 1.29 is 18.9 Å². The van der Waals surface area contributed by atoms with E-state index in [2.05, 4.69) is 10.3 Å². The quantitative estimate of drug-likeness (QED) is 0.141. The molecule has 50 heavy (non-hydrogen) atoms. The number of benzene rings is 4. The fourth-order valence-electron chi connectivity index (χ4n) is 5.82. The Labute approximate surface area is 294 Å². The molecule has 0 N–H and O–H groups in total. The maximum absolute atomic E-state index is 6.18. The van der Waals surface area contributed by atoms with Gasteiger partial charge in [0.25, 0.3) is 0 Å². The zero-order valence-corrected chi connectivity index (χ0v) is 28.8. The Morgan fingerprint density at radius 2 is 1.16 bits per heavy atom. The summed E-state index contributed by atoms with van der Waals surface area (Å²) in [4.78, 5) is 5.13. The number of nitrogens with zero attached hydrogens (tertiary/aromatic N) is 6. The van der Waals surface area contributed by atoms with Gasteiger partial charge >= 0.3 is 0 Å². The lowest BCUT2D eigenvalue weighted by molar-refractivity contribution is 0.355. The average molecular weight is 685 g/mol. The molecule has 0 unspecified atom stereocenters. The summed E-state index contributed by atoms with van der Waals surface area (Å²) in [5.74, 6) is 2.44. The molecule has 0 bridgehead atoms. The minimum absolute atomic E-state index is 0.594. The molecule has 0 saturated carbocycles. The highest BCUT2D eigenvalue weighted by atomic mass is 35.5. The van der Waals surface area contributed by atoms with E-state index in [9.17, 15) is 0 Å². The van der Waals surface area contributed by atoms with Gasteiger partial charge in [0.15, 0.2) is 23.0 Å². The number of pyridine rings is 1. The van der Waals surface area contributed by atoms with Crippen LogP contribution in [-0.4, -0.2) is 58.2 Å². The summed E-state index contributed by atoms with van der Waals surface area (Å²) >= 11 is 6.18. The van der Waals surface area contributed by atoms with Crippen LogP contribution in [0.25, 0.3) is 56.4 Å². The van der Waals surface area contributed by atoms with Gasteiger partial charge in [0, 0.05) is 27.9 Å². The molecule has 0 aliphatic carbocycles. The van der Waals surface area contributed by atoms with Gasteiger partial charge in [-0.05, 0) is 97.4 Å². The van der Waals surface area contributed by atoms with Crippen LogP contribution in [0.2, 0.25) is 5.02 Å².